The summed E-state index contributed by atoms with van der Waals surface area (Å²) in [6.45, 7) is 1.73. The number of aryl methyl sites for hydroxylation is 1. The molecule has 6 nitrogen and oxygen atoms in total. The van der Waals surface area contributed by atoms with Gasteiger partial charge in [-0.05, 0) is 19.8 Å². The van der Waals surface area contributed by atoms with E-state index in [9.17, 15) is 9.59 Å². The molecule has 0 aromatic carbocycles. The molecule has 1 fully saturated rings. The lowest BCUT2D eigenvalue weighted by atomic mass is 9.92. The molecule has 1 saturated carbocycles. The molecule has 0 saturated heterocycles. The lowest BCUT2D eigenvalue weighted by molar-refractivity contribution is -0.136. The van der Waals surface area contributed by atoms with Crippen molar-refractivity contribution >= 4 is 11.9 Å². The van der Waals surface area contributed by atoms with E-state index < -0.39 is 5.97 Å². The highest BCUT2D eigenvalue weighted by atomic mass is 16.5. The van der Waals surface area contributed by atoms with Crippen LogP contribution in [0.3, 0.4) is 0 Å². The molecule has 21 heavy (non-hydrogen) atoms. The Kier molecular flexibility index (Phi) is 5.01. The Hall–Kier alpha value is -1.82. The first-order chi connectivity index (χ1) is 10.0. The molecule has 1 aliphatic carbocycles. The summed E-state index contributed by atoms with van der Waals surface area (Å²) in [6, 6.07) is -0.0387. The topological polar surface area (TPSA) is 88.8 Å². The number of methoxy groups -OCH3 is 1. The first kappa shape index (κ1) is 15.6. The van der Waals surface area contributed by atoms with E-state index >= 15 is 0 Å². The van der Waals surface area contributed by atoms with E-state index in [1.807, 2.05) is 0 Å². The maximum atomic E-state index is 12.4. The molecule has 0 spiro atoms. The second-order valence-electron chi connectivity index (χ2n) is 5.43. The van der Waals surface area contributed by atoms with Crippen molar-refractivity contribution in [2.75, 3.05) is 7.11 Å². The predicted octanol–water partition coefficient (Wildman–Crippen LogP) is 1.90. The van der Waals surface area contributed by atoms with Crippen LogP contribution in [-0.2, 0) is 16.0 Å². The average molecular weight is 295 g/mol. The summed E-state index contributed by atoms with van der Waals surface area (Å²) in [4.78, 5) is 23.3. The van der Waals surface area contributed by atoms with E-state index in [4.69, 9.17) is 14.3 Å². The fourth-order valence-corrected chi connectivity index (χ4v) is 2.86. The van der Waals surface area contributed by atoms with E-state index in [0.717, 1.165) is 25.7 Å². The van der Waals surface area contributed by atoms with Crippen LogP contribution in [0.5, 0.6) is 0 Å². The minimum atomic E-state index is -1.02. The van der Waals surface area contributed by atoms with Crippen molar-refractivity contribution in [1.82, 2.24) is 5.32 Å². The monoisotopic (exact) mass is 295 g/mol. The molecule has 0 bridgehead atoms. The van der Waals surface area contributed by atoms with Gasteiger partial charge in [-0.2, -0.15) is 0 Å². The number of carbonyl (C=O) groups excluding carboxylic acids is 1. The number of rotatable bonds is 5. The molecule has 1 aromatic heterocycles. The molecule has 2 rings (SSSR count). The van der Waals surface area contributed by atoms with Gasteiger partial charge in [-0.25, -0.2) is 0 Å². The first-order valence-corrected chi connectivity index (χ1v) is 7.15. The maximum Gasteiger partial charge on any atom is 0.311 e. The Bertz CT molecular complexity index is 522. The summed E-state index contributed by atoms with van der Waals surface area (Å²) in [5.74, 6) is -1.11. The van der Waals surface area contributed by atoms with E-state index in [1.165, 1.54) is 6.26 Å². The van der Waals surface area contributed by atoms with Gasteiger partial charge in [0.2, 0.25) is 0 Å². The van der Waals surface area contributed by atoms with Crippen LogP contribution in [0.25, 0.3) is 0 Å². The number of amides is 1. The Labute approximate surface area is 123 Å². The molecule has 1 aliphatic rings. The fourth-order valence-electron chi connectivity index (χ4n) is 2.86. The Balaban J connectivity index is 2.12. The number of carboxylic acid groups (broad SMARTS) is 1. The fraction of sp³-hybridized carbons (Fsp3) is 0.600. The summed E-state index contributed by atoms with van der Waals surface area (Å²) < 4.78 is 10.6. The van der Waals surface area contributed by atoms with Gasteiger partial charge < -0.3 is 19.6 Å². The first-order valence-electron chi connectivity index (χ1n) is 7.15. The molecule has 0 radical (unpaired) electrons. The quantitative estimate of drug-likeness (QED) is 0.866. The highest BCUT2D eigenvalue weighted by Gasteiger charge is 2.29. The second kappa shape index (κ2) is 6.76. The van der Waals surface area contributed by atoms with E-state index in [-0.39, 0.29) is 30.2 Å². The minimum absolute atomic E-state index is 0.0119. The second-order valence-corrected chi connectivity index (χ2v) is 5.43. The third kappa shape index (κ3) is 3.64. The van der Waals surface area contributed by atoms with Crippen LogP contribution in [-0.4, -0.2) is 36.2 Å². The van der Waals surface area contributed by atoms with Crippen molar-refractivity contribution in [3.63, 3.8) is 0 Å². The number of aliphatic carboxylic acids is 1. The van der Waals surface area contributed by atoms with Gasteiger partial charge in [0.1, 0.15) is 12.2 Å². The highest BCUT2D eigenvalue weighted by molar-refractivity contribution is 5.97. The molecule has 0 unspecified atom stereocenters. The zero-order valence-electron chi connectivity index (χ0n) is 12.3. The molecule has 1 amide bonds. The van der Waals surface area contributed by atoms with Crippen molar-refractivity contribution < 1.29 is 23.8 Å². The summed E-state index contributed by atoms with van der Waals surface area (Å²) in [7, 11) is 1.65. The van der Waals surface area contributed by atoms with Gasteiger partial charge in [-0.3, -0.25) is 9.59 Å². The number of carbonyl (C=O) groups is 2. The van der Waals surface area contributed by atoms with Gasteiger partial charge in [0.25, 0.3) is 5.91 Å². The molecule has 1 heterocycles. The van der Waals surface area contributed by atoms with Crippen molar-refractivity contribution in [2.45, 2.75) is 51.2 Å². The lowest BCUT2D eigenvalue weighted by Gasteiger charge is -2.31. The maximum absolute atomic E-state index is 12.4. The molecule has 2 atom stereocenters. The summed E-state index contributed by atoms with van der Waals surface area (Å²) >= 11 is 0. The molecule has 2 N–H and O–H groups in total. The van der Waals surface area contributed by atoms with E-state index in [1.54, 1.807) is 14.0 Å². The smallest absolute Gasteiger partial charge is 0.311 e. The van der Waals surface area contributed by atoms with Crippen LogP contribution in [0.4, 0.5) is 0 Å². The van der Waals surface area contributed by atoms with Crippen LogP contribution in [0.15, 0.2) is 10.7 Å². The summed E-state index contributed by atoms with van der Waals surface area (Å²) in [5, 5.41) is 11.8. The van der Waals surface area contributed by atoms with E-state index in [2.05, 4.69) is 5.32 Å². The van der Waals surface area contributed by atoms with Crippen molar-refractivity contribution in [3.05, 3.63) is 23.2 Å². The van der Waals surface area contributed by atoms with Crippen LogP contribution >= 0.6 is 0 Å². The molecule has 116 valence electrons. The lowest BCUT2D eigenvalue weighted by Crippen LogP contribution is -2.46. The average Bonchev–Trinajstić information content (AvgIpc) is 2.79. The third-order valence-electron chi connectivity index (χ3n) is 3.91. The number of hydrogen-bond acceptors (Lipinski definition) is 4. The molecule has 1 aromatic rings. The number of nitrogens with one attached hydrogen (secondary N) is 1. The Morgan fingerprint density at radius 3 is 2.81 bits per heavy atom. The normalized spacial score (nSPS) is 22.0. The van der Waals surface area contributed by atoms with E-state index in [0.29, 0.717) is 11.1 Å². The van der Waals surface area contributed by atoms with Crippen LogP contribution < -0.4 is 5.32 Å². The Morgan fingerprint density at radius 2 is 2.14 bits per heavy atom. The number of furan rings is 1. The number of hydrogen-bond donors (Lipinski definition) is 2. The standard InChI is InChI=1S/C15H21NO5/c1-9-8-21-12(7-13(17)18)14(9)15(19)16-10-5-3-4-6-11(10)20-2/h8,10-11H,3-7H2,1-2H3,(H,16,19)(H,17,18)/t10-,11-/m0/s1. The van der Waals surface area contributed by atoms with Gasteiger partial charge in [0, 0.05) is 12.7 Å². The van der Waals surface area contributed by atoms with Gasteiger partial charge in [0.15, 0.2) is 0 Å². The van der Waals surface area contributed by atoms with Crippen LogP contribution in [0.2, 0.25) is 0 Å². The van der Waals surface area contributed by atoms with Crippen LogP contribution in [0, 0.1) is 6.92 Å². The highest BCUT2D eigenvalue weighted by Crippen LogP contribution is 2.23. The zero-order chi connectivity index (χ0) is 15.4. The SMILES string of the molecule is CO[C@H]1CCCC[C@@H]1NC(=O)c1c(C)coc1CC(=O)O. The van der Waals surface area contributed by atoms with Gasteiger partial charge in [-0.1, -0.05) is 12.8 Å². The predicted molar refractivity (Wildman–Crippen MR) is 75.3 cm³/mol. The number of carboxylic acids is 1. The summed E-state index contributed by atoms with van der Waals surface area (Å²) in [5.41, 5.74) is 0.978. The molecule has 0 aliphatic heterocycles. The minimum Gasteiger partial charge on any atom is -0.481 e. The Morgan fingerprint density at radius 1 is 1.43 bits per heavy atom. The molecule has 6 heteroatoms. The molecular weight excluding hydrogens is 274 g/mol. The largest absolute Gasteiger partial charge is 0.481 e. The van der Waals surface area contributed by atoms with Crippen molar-refractivity contribution in [2.24, 2.45) is 0 Å². The van der Waals surface area contributed by atoms with Gasteiger partial charge in [-0.15, -0.1) is 0 Å². The zero-order valence-corrected chi connectivity index (χ0v) is 12.3. The van der Waals surface area contributed by atoms with Crippen molar-refractivity contribution in [3.8, 4) is 0 Å². The van der Waals surface area contributed by atoms with Crippen molar-refractivity contribution in [1.29, 1.82) is 0 Å². The summed E-state index contributed by atoms with van der Waals surface area (Å²) in [6.07, 6.45) is 5.08. The third-order valence-corrected chi connectivity index (χ3v) is 3.91. The van der Waals surface area contributed by atoms with Gasteiger partial charge >= 0.3 is 5.97 Å². The molecular formula is C15H21NO5. The van der Waals surface area contributed by atoms with Gasteiger partial charge in [0.05, 0.1) is 24.0 Å². The number of ether oxygens (including phenoxy) is 1. The van der Waals surface area contributed by atoms with Crippen LogP contribution in [0.1, 0.15) is 47.4 Å².